The van der Waals surface area contributed by atoms with Crippen molar-refractivity contribution >= 4 is 40.2 Å². The van der Waals surface area contributed by atoms with Crippen molar-refractivity contribution in [1.82, 2.24) is 0 Å². The van der Waals surface area contributed by atoms with Gasteiger partial charge in [0.1, 0.15) is 6.07 Å². The number of rotatable bonds is 1. The van der Waals surface area contributed by atoms with Crippen molar-refractivity contribution in [1.29, 1.82) is 5.26 Å². The fourth-order valence-corrected chi connectivity index (χ4v) is 1.68. The highest BCUT2D eigenvalue weighted by Crippen LogP contribution is 2.24. The van der Waals surface area contributed by atoms with Gasteiger partial charge in [-0.3, -0.25) is 0 Å². The molecular formula is C8H3ClINO2. The summed E-state index contributed by atoms with van der Waals surface area (Å²) in [4.78, 5) is 10.7. The Morgan fingerprint density at radius 1 is 1.62 bits per heavy atom. The lowest BCUT2D eigenvalue weighted by Gasteiger charge is -2.02. The van der Waals surface area contributed by atoms with Crippen LogP contribution in [0.5, 0.6) is 0 Å². The second-order valence-electron chi connectivity index (χ2n) is 2.20. The third kappa shape index (κ3) is 1.92. The quantitative estimate of drug-likeness (QED) is 0.811. The number of carbonyl (C=O) groups is 1. The summed E-state index contributed by atoms with van der Waals surface area (Å²) in [5, 5.41) is 17.5. The van der Waals surface area contributed by atoms with Gasteiger partial charge in [-0.25, -0.2) is 4.79 Å². The first-order valence-electron chi connectivity index (χ1n) is 3.19. The summed E-state index contributed by atoms with van der Waals surface area (Å²) in [6.45, 7) is 0. The lowest BCUT2D eigenvalue weighted by atomic mass is 10.1. The monoisotopic (exact) mass is 307 g/mol. The Morgan fingerprint density at radius 2 is 2.23 bits per heavy atom. The number of aromatic carboxylic acids is 1. The van der Waals surface area contributed by atoms with Crippen LogP contribution >= 0.6 is 34.2 Å². The molecule has 0 atom stereocenters. The summed E-state index contributed by atoms with van der Waals surface area (Å²) in [6.07, 6.45) is 0. The van der Waals surface area contributed by atoms with Crippen molar-refractivity contribution in [2.24, 2.45) is 0 Å². The van der Waals surface area contributed by atoms with Gasteiger partial charge in [0.05, 0.1) is 16.1 Å². The zero-order valence-electron chi connectivity index (χ0n) is 6.21. The van der Waals surface area contributed by atoms with Crippen LogP contribution in [0.25, 0.3) is 0 Å². The van der Waals surface area contributed by atoms with Gasteiger partial charge in [0.25, 0.3) is 0 Å². The molecule has 5 heteroatoms. The lowest BCUT2D eigenvalue weighted by molar-refractivity contribution is 0.0696. The highest BCUT2D eigenvalue weighted by molar-refractivity contribution is 14.1. The Labute approximate surface area is 93.1 Å². The molecule has 0 radical (unpaired) electrons. The Bertz CT molecular complexity index is 411. The van der Waals surface area contributed by atoms with E-state index in [2.05, 4.69) is 0 Å². The van der Waals surface area contributed by atoms with E-state index in [0.717, 1.165) is 0 Å². The minimum absolute atomic E-state index is 0.0875. The number of benzene rings is 1. The highest BCUT2D eigenvalue weighted by atomic mass is 127. The Kier molecular flexibility index (Phi) is 3.12. The molecule has 0 saturated heterocycles. The van der Waals surface area contributed by atoms with Crippen LogP contribution in [0.4, 0.5) is 0 Å². The second-order valence-corrected chi connectivity index (χ2v) is 3.77. The van der Waals surface area contributed by atoms with Gasteiger partial charge in [-0.2, -0.15) is 5.26 Å². The van der Waals surface area contributed by atoms with E-state index in [1.54, 1.807) is 6.07 Å². The standard InChI is InChI=1S/C8H3ClINO2/c9-5-1-2-6(10)4(3-11)7(5)8(12)13/h1-2H,(H,12,13). The van der Waals surface area contributed by atoms with Crippen LogP contribution in [-0.4, -0.2) is 11.1 Å². The van der Waals surface area contributed by atoms with E-state index in [-0.39, 0.29) is 16.1 Å². The third-order valence-electron chi connectivity index (χ3n) is 1.43. The summed E-state index contributed by atoms with van der Waals surface area (Å²) in [5.41, 5.74) is -0.0170. The highest BCUT2D eigenvalue weighted by Gasteiger charge is 2.16. The van der Waals surface area contributed by atoms with Gasteiger partial charge in [0.2, 0.25) is 0 Å². The fraction of sp³-hybridized carbons (Fsp3) is 0. The molecule has 0 fully saturated rings. The molecule has 1 N–H and O–H groups in total. The van der Waals surface area contributed by atoms with E-state index in [9.17, 15) is 4.79 Å². The molecule has 0 unspecified atom stereocenters. The molecule has 0 spiro atoms. The smallest absolute Gasteiger partial charge is 0.338 e. The van der Waals surface area contributed by atoms with Crippen LogP contribution in [0.3, 0.4) is 0 Å². The first kappa shape index (κ1) is 10.3. The number of hydrogen-bond donors (Lipinski definition) is 1. The molecule has 1 aromatic rings. The van der Waals surface area contributed by atoms with Crippen LogP contribution in [-0.2, 0) is 0 Å². The molecule has 0 aliphatic rings. The fourth-order valence-electron chi connectivity index (χ4n) is 0.870. The van der Waals surface area contributed by atoms with Gasteiger partial charge in [-0.15, -0.1) is 0 Å². The molecule has 13 heavy (non-hydrogen) atoms. The van der Waals surface area contributed by atoms with Crippen LogP contribution in [0, 0.1) is 14.9 Å². The normalized spacial score (nSPS) is 9.31. The number of hydrogen-bond acceptors (Lipinski definition) is 2. The van der Waals surface area contributed by atoms with Gasteiger partial charge in [0.15, 0.2) is 0 Å². The number of nitrogens with zero attached hydrogens (tertiary/aromatic N) is 1. The van der Waals surface area contributed by atoms with Gasteiger partial charge in [-0.05, 0) is 34.7 Å². The van der Waals surface area contributed by atoms with Crippen LogP contribution in [0.1, 0.15) is 15.9 Å². The number of carboxylic acids is 1. The molecular weight excluding hydrogens is 304 g/mol. The maximum absolute atomic E-state index is 10.7. The predicted molar refractivity (Wildman–Crippen MR) is 55.8 cm³/mol. The molecule has 1 aromatic carbocycles. The molecule has 0 heterocycles. The van der Waals surface area contributed by atoms with E-state index >= 15 is 0 Å². The van der Waals surface area contributed by atoms with Crippen molar-refractivity contribution in [2.45, 2.75) is 0 Å². The largest absolute Gasteiger partial charge is 0.478 e. The molecule has 0 aliphatic carbocycles. The molecule has 0 aliphatic heterocycles. The molecule has 66 valence electrons. The minimum atomic E-state index is -1.18. The molecule has 0 aromatic heterocycles. The van der Waals surface area contributed by atoms with Crippen LogP contribution in [0.15, 0.2) is 12.1 Å². The first-order valence-corrected chi connectivity index (χ1v) is 4.65. The number of halogens is 2. The zero-order chi connectivity index (χ0) is 10.0. The predicted octanol–water partition coefficient (Wildman–Crippen LogP) is 2.51. The Morgan fingerprint density at radius 3 is 2.62 bits per heavy atom. The minimum Gasteiger partial charge on any atom is -0.478 e. The van der Waals surface area contributed by atoms with Crippen molar-refractivity contribution in [3.05, 3.63) is 31.9 Å². The summed E-state index contributed by atoms with van der Waals surface area (Å²) < 4.78 is 0.585. The maximum atomic E-state index is 10.7. The summed E-state index contributed by atoms with van der Waals surface area (Å²) in [6, 6.07) is 4.88. The first-order chi connectivity index (χ1) is 6.07. The SMILES string of the molecule is N#Cc1c(I)ccc(Cl)c1C(=O)O. The van der Waals surface area contributed by atoms with E-state index in [4.69, 9.17) is 22.0 Å². The van der Waals surface area contributed by atoms with Crippen LogP contribution in [0.2, 0.25) is 5.02 Å². The lowest BCUT2D eigenvalue weighted by Crippen LogP contribution is -2.02. The molecule has 0 saturated carbocycles. The maximum Gasteiger partial charge on any atom is 0.338 e. The summed E-state index contributed by atoms with van der Waals surface area (Å²) in [7, 11) is 0. The second kappa shape index (κ2) is 3.94. The molecule has 0 amide bonds. The average molecular weight is 307 g/mol. The number of carboxylic acid groups (broad SMARTS) is 1. The van der Waals surface area contributed by atoms with Crippen LogP contribution < -0.4 is 0 Å². The van der Waals surface area contributed by atoms with Gasteiger partial charge in [-0.1, -0.05) is 11.6 Å². The van der Waals surface area contributed by atoms with Crippen molar-refractivity contribution < 1.29 is 9.90 Å². The van der Waals surface area contributed by atoms with Crippen molar-refractivity contribution in [3.8, 4) is 6.07 Å². The average Bonchev–Trinajstić information content (AvgIpc) is 2.07. The Balaban J connectivity index is 3.55. The van der Waals surface area contributed by atoms with Gasteiger partial charge >= 0.3 is 5.97 Å². The topological polar surface area (TPSA) is 61.1 Å². The summed E-state index contributed by atoms with van der Waals surface area (Å²) >= 11 is 7.53. The Hall–Kier alpha value is -0.800. The van der Waals surface area contributed by atoms with E-state index < -0.39 is 5.97 Å². The molecule has 3 nitrogen and oxygen atoms in total. The number of nitriles is 1. The van der Waals surface area contributed by atoms with Gasteiger partial charge < -0.3 is 5.11 Å². The third-order valence-corrected chi connectivity index (χ3v) is 2.64. The summed E-state index contributed by atoms with van der Waals surface area (Å²) in [5.74, 6) is -1.18. The van der Waals surface area contributed by atoms with E-state index in [0.29, 0.717) is 3.57 Å². The van der Waals surface area contributed by atoms with Crippen molar-refractivity contribution in [3.63, 3.8) is 0 Å². The van der Waals surface area contributed by atoms with E-state index in [1.165, 1.54) is 6.07 Å². The van der Waals surface area contributed by atoms with Gasteiger partial charge in [0, 0.05) is 3.57 Å². The van der Waals surface area contributed by atoms with Crippen molar-refractivity contribution in [2.75, 3.05) is 0 Å². The molecule has 1 rings (SSSR count). The van der Waals surface area contributed by atoms with E-state index in [1.807, 2.05) is 28.7 Å². The zero-order valence-corrected chi connectivity index (χ0v) is 9.13. The molecule has 0 bridgehead atoms.